The fourth-order valence-electron chi connectivity index (χ4n) is 1.34. The first-order valence-corrected chi connectivity index (χ1v) is 5.38. The van der Waals surface area contributed by atoms with Crippen molar-refractivity contribution in [2.75, 3.05) is 0 Å². The topological polar surface area (TPSA) is 12.4 Å². The molecule has 0 saturated carbocycles. The zero-order chi connectivity index (χ0) is 13.1. The Bertz CT molecular complexity index is 571. The minimum Gasteiger partial charge on any atom is -0.256 e. The van der Waals surface area contributed by atoms with E-state index in [0.29, 0.717) is 22.8 Å². The average molecular weight is 270 g/mol. The van der Waals surface area contributed by atoms with Gasteiger partial charge in [0.15, 0.2) is 0 Å². The molecule has 0 radical (unpaired) electrons. The van der Waals surface area contributed by atoms with Crippen molar-refractivity contribution in [2.24, 2.45) is 4.99 Å². The maximum absolute atomic E-state index is 13.3. The summed E-state index contributed by atoms with van der Waals surface area (Å²) in [5.41, 5.74) is 0.105. The van der Waals surface area contributed by atoms with E-state index in [1.807, 2.05) is 0 Å². The van der Waals surface area contributed by atoms with Gasteiger partial charge >= 0.3 is 0 Å². The highest BCUT2D eigenvalue weighted by atomic mass is 35.5. The van der Waals surface area contributed by atoms with Crippen molar-refractivity contribution in [2.45, 2.75) is 0 Å². The van der Waals surface area contributed by atoms with Crippen molar-refractivity contribution in [1.82, 2.24) is 0 Å². The number of hydrogen-bond donors (Lipinski definition) is 0. The number of hydrogen-bond acceptors (Lipinski definition) is 1. The molecule has 0 aliphatic rings. The van der Waals surface area contributed by atoms with E-state index in [0.717, 1.165) is 6.21 Å². The van der Waals surface area contributed by atoms with Crippen molar-refractivity contribution in [3.63, 3.8) is 0 Å². The van der Waals surface area contributed by atoms with Gasteiger partial charge in [-0.15, -0.1) is 0 Å². The van der Waals surface area contributed by atoms with Crippen LogP contribution >= 0.6 is 11.6 Å². The Labute approximate surface area is 107 Å². The molecule has 0 fully saturated rings. The molecule has 2 aromatic rings. The molecule has 0 unspecified atom stereocenters. The Balaban J connectivity index is 2.31. The Hall–Kier alpha value is -1.81. The van der Waals surface area contributed by atoms with Crippen molar-refractivity contribution in [1.29, 1.82) is 0 Å². The lowest BCUT2D eigenvalue weighted by molar-refractivity contribution is 0.541. The summed E-state index contributed by atoms with van der Waals surface area (Å²) in [6.45, 7) is 0. The second kappa shape index (κ2) is 5.23. The van der Waals surface area contributed by atoms with Gasteiger partial charge in [-0.05, 0) is 24.3 Å². The third kappa shape index (κ3) is 2.90. The van der Waals surface area contributed by atoms with Gasteiger partial charge in [0.05, 0.1) is 11.3 Å². The third-order valence-electron chi connectivity index (χ3n) is 2.21. The summed E-state index contributed by atoms with van der Waals surface area (Å²) in [7, 11) is 0. The van der Waals surface area contributed by atoms with Crippen LogP contribution in [-0.4, -0.2) is 6.21 Å². The summed E-state index contributed by atoms with van der Waals surface area (Å²) in [5.74, 6) is -2.95. The largest absolute Gasteiger partial charge is 0.256 e. The fraction of sp³-hybridized carbons (Fsp3) is 0. The fourth-order valence-corrected chi connectivity index (χ4v) is 1.47. The van der Waals surface area contributed by atoms with Gasteiger partial charge in [-0.2, -0.15) is 0 Å². The van der Waals surface area contributed by atoms with Crippen LogP contribution in [-0.2, 0) is 0 Å². The summed E-state index contributed by atoms with van der Waals surface area (Å²) in [6, 6.07) is 7.60. The van der Waals surface area contributed by atoms with Crippen LogP contribution in [0.5, 0.6) is 0 Å². The van der Waals surface area contributed by atoms with Crippen LogP contribution in [0.15, 0.2) is 41.4 Å². The summed E-state index contributed by atoms with van der Waals surface area (Å²) < 4.78 is 39.2. The van der Waals surface area contributed by atoms with Crippen molar-refractivity contribution in [3.8, 4) is 0 Å². The number of halogens is 4. The molecule has 0 amide bonds. The van der Waals surface area contributed by atoms with Gasteiger partial charge in [0, 0.05) is 23.4 Å². The lowest BCUT2D eigenvalue weighted by atomic mass is 10.2. The number of benzene rings is 2. The first-order valence-electron chi connectivity index (χ1n) is 5.00. The van der Waals surface area contributed by atoms with Crippen LogP contribution in [0.25, 0.3) is 0 Å². The Morgan fingerprint density at radius 1 is 0.944 bits per heavy atom. The average Bonchev–Trinajstić information content (AvgIpc) is 2.30. The number of rotatable bonds is 2. The molecule has 1 nitrogen and oxygen atoms in total. The molecule has 0 saturated heterocycles. The Morgan fingerprint density at radius 3 is 2.06 bits per heavy atom. The second-order valence-electron chi connectivity index (χ2n) is 3.52. The van der Waals surface area contributed by atoms with E-state index in [9.17, 15) is 13.2 Å². The quantitative estimate of drug-likeness (QED) is 0.712. The minimum atomic E-state index is -0.995. The lowest BCUT2D eigenvalue weighted by Crippen LogP contribution is -1.95. The molecule has 0 atom stereocenters. The summed E-state index contributed by atoms with van der Waals surface area (Å²) in [6.07, 6.45) is 1.01. The molecule has 18 heavy (non-hydrogen) atoms. The molecule has 92 valence electrons. The lowest BCUT2D eigenvalue weighted by Gasteiger charge is -1.99. The maximum atomic E-state index is 13.3. The molecule has 0 spiro atoms. The molecular weight excluding hydrogens is 263 g/mol. The van der Waals surface area contributed by atoms with Crippen molar-refractivity contribution in [3.05, 3.63) is 64.4 Å². The summed E-state index contributed by atoms with van der Waals surface area (Å²) in [5, 5.41) is 0.535. The van der Waals surface area contributed by atoms with E-state index in [2.05, 4.69) is 4.99 Å². The van der Waals surface area contributed by atoms with E-state index in [4.69, 9.17) is 11.6 Å². The predicted octanol–water partition coefficient (Wildman–Crippen LogP) is 4.51. The third-order valence-corrected chi connectivity index (χ3v) is 2.47. The smallest absolute Gasteiger partial charge is 0.137 e. The van der Waals surface area contributed by atoms with E-state index in [-0.39, 0.29) is 5.56 Å². The molecule has 2 aromatic carbocycles. The van der Waals surface area contributed by atoms with E-state index >= 15 is 0 Å². The van der Waals surface area contributed by atoms with Crippen LogP contribution < -0.4 is 0 Å². The minimum absolute atomic E-state index is 0.383. The SMILES string of the molecule is Fc1cc(F)c(/C=N/c2ccc(Cl)cc2)c(F)c1. The van der Waals surface area contributed by atoms with Crippen LogP contribution in [0.3, 0.4) is 0 Å². The molecule has 2 rings (SSSR count). The van der Waals surface area contributed by atoms with E-state index in [1.54, 1.807) is 24.3 Å². The Kier molecular flexibility index (Phi) is 3.67. The van der Waals surface area contributed by atoms with E-state index in [1.165, 1.54) is 0 Å². The monoisotopic (exact) mass is 269 g/mol. The molecule has 0 aliphatic carbocycles. The molecule has 0 heterocycles. The number of nitrogens with zero attached hydrogens (tertiary/aromatic N) is 1. The van der Waals surface area contributed by atoms with Crippen molar-refractivity contribution >= 4 is 23.5 Å². The molecule has 0 bridgehead atoms. The molecule has 0 aliphatic heterocycles. The predicted molar refractivity (Wildman–Crippen MR) is 65.0 cm³/mol. The van der Waals surface area contributed by atoms with Gasteiger partial charge in [-0.3, -0.25) is 4.99 Å². The standard InChI is InChI=1S/C13H7ClF3N/c14-8-1-3-10(4-2-8)18-7-11-12(16)5-9(15)6-13(11)17/h1-7H/b18-7+. The molecule has 0 aromatic heterocycles. The highest BCUT2D eigenvalue weighted by molar-refractivity contribution is 6.30. The van der Waals surface area contributed by atoms with Crippen molar-refractivity contribution < 1.29 is 13.2 Å². The van der Waals surface area contributed by atoms with Crippen LogP contribution in [0.4, 0.5) is 18.9 Å². The second-order valence-corrected chi connectivity index (χ2v) is 3.95. The van der Waals surface area contributed by atoms with Gasteiger partial charge in [0.1, 0.15) is 17.5 Å². The zero-order valence-electron chi connectivity index (χ0n) is 9.00. The first kappa shape index (κ1) is 12.6. The van der Waals surface area contributed by atoms with Gasteiger partial charge in [-0.1, -0.05) is 11.6 Å². The van der Waals surface area contributed by atoms with Crippen LogP contribution in [0.1, 0.15) is 5.56 Å². The van der Waals surface area contributed by atoms with Gasteiger partial charge < -0.3 is 0 Å². The van der Waals surface area contributed by atoms with Gasteiger partial charge in [-0.25, -0.2) is 13.2 Å². The van der Waals surface area contributed by atoms with E-state index < -0.39 is 17.5 Å². The summed E-state index contributed by atoms with van der Waals surface area (Å²) >= 11 is 5.68. The Morgan fingerprint density at radius 2 is 1.50 bits per heavy atom. The van der Waals surface area contributed by atoms with Gasteiger partial charge in [0.25, 0.3) is 0 Å². The molecular formula is C13H7ClF3N. The van der Waals surface area contributed by atoms with Gasteiger partial charge in [0.2, 0.25) is 0 Å². The summed E-state index contributed by atoms with van der Waals surface area (Å²) in [4.78, 5) is 3.88. The molecule has 0 N–H and O–H groups in total. The zero-order valence-corrected chi connectivity index (χ0v) is 9.76. The number of aliphatic imine (C=N–C) groups is 1. The maximum Gasteiger partial charge on any atom is 0.137 e. The first-order chi connectivity index (χ1) is 8.56. The highest BCUT2D eigenvalue weighted by Gasteiger charge is 2.08. The highest BCUT2D eigenvalue weighted by Crippen LogP contribution is 2.18. The normalized spacial score (nSPS) is 11.1. The van der Waals surface area contributed by atoms with Crippen LogP contribution in [0.2, 0.25) is 5.02 Å². The molecule has 5 heteroatoms. The van der Waals surface area contributed by atoms with Crippen LogP contribution in [0, 0.1) is 17.5 Å².